The number of rotatable bonds is 10. The van der Waals surface area contributed by atoms with Crippen LogP contribution < -0.4 is 14.8 Å². The Morgan fingerprint density at radius 1 is 1.00 bits per heavy atom. The third-order valence-corrected chi connectivity index (χ3v) is 7.14. The van der Waals surface area contributed by atoms with Crippen molar-refractivity contribution in [3.05, 3.63) is 59.7 Å². The highest BCUT2D eigenvalue weighted by atomic mass is 32.2. The van der Waals surface area contributed by atoms with E-state index in [1.165, 1.54) is 36.4 Å². The summed E-state index contributed by atoms with van der Waals surface area (Å²) in [4.78, 5) is 12.5. The maximum absolute atomic E-state index is 12.4. The number of hydrogen-bond acceptors (Lipinski definition) is 6. The van der Waals surface area contributed by atoms with Crippen LogP contribution in [0.2, 0.25) is 0 Å². The molecule has 3 N–H and O–H groups in total. The maximum atomic E-state index is 12.4. The molecule has 1 amide bonds. The highest BCUT2D eigenvalue weighted by Crippen LogP contribution is 2.13. The summed E-state index contributed by atoms with van der Waals surface area (Å²) in [5.41, 5.74) is 0.849. The molecule has 0 saturated carbocycles. The quantitative estimate of drug-likeness (QED) is 0.454. The molecule has 31 heavy (non-hydrogen) atoms. The second-order valence-corrected chi connectivity index (χ2v) is 10.4. The zero-order valence-corrected chi connectivity index (χ0v) is 18.8. The molecule has 2 aromatic carbocycles. The Morgan fingerprint density at radius 3 is 2.29 bits per heavy atom. The summed E-state index contributed by atoms with van der Waals surface area (Å²) in [6.45, 7) is 3.54. The van der Waals surface area contributed by atoms with E-state index >= 15 is 0 Å². The Kier molecular flexibility index (Phi) is 8.29. The molecule has 0 atom stereocenters. The minimum atomic E-state index is -3.75. The van der Waals surface area contributed by atoms with E-state index in [0.717, 1.165) is 0 Å². The Morgan fingerprint density at radius 2 is 1.68 bits per heavy atom. The molecule has 9 nitrogen and oxygen atoms in total. The van der Waals surface area contributed by atoms with Crippen molar-refractivity contribution in [1.29, 1.82) is 5.26 Å². The van der Waals surface area contributed by atoms with E-state index in [2.05, 4.69) is 14.8 Å². The van der Waals surface area contributed by atoms with Crippen LogP contribution in [-0.4, -0.2) is 35.3 Å². The van der Waals surface area contributed by atoms with E-state index in [0.29, 0.717) is 5.56 Å². The number of hydrogen-bond donors (Lipinski definition) is 3. The van der Waals surface area contributed by atoms with Crippen LogP contribution in [0.25, 0.3) is 0 Å². The molecule has 0 spiro atoms. The van der Waals surface area contributed by atoms with Gasteiger partial charge in [0.15, 0.2) is 0 Å². The van der Waals surface area contributed by atoms with Crippen molar-refractivity contribution in [2.75, 3.05) is 6.54 Å². The summed E-state index contributed by atoms with van der Waals surface area (Å²) < 4.78 is 53.6. The number of sulfonamides is 2. The molecule has 0 aliphatic heterocycles. The van der Waals surface area contributed by atoms with Crippen LogP contribution in [0.1, 0.15) is 36.2 Å². The van der Waals surface area contributed by atoms with Gasteiger partial charge in [-0.25, -0.2) is 26.3 Å². The second kappa shape index (κ2) is 10.5. The number of benzene rings is 2. The normalized spacial score (nSPS) is 11.8. The zero-order chi connectivity index (χ0) is 23.1. The monoisotopic (exact) mass is 464 g/mol. The fourth-order valence-electron chi connectivity index (χ4n) is 2.60. The molecule has 2 rings (SSSR count). The van der Waals surface area contributed by atoms with Crippen molar-refractivity contribution in [1.82, 2.24) is 14.8 Å². The topological polar surface area (TPSA) is 145 Å². The smallest absolute Gasteiger partial charge is 0.251 e. The molecule has 0 saturated heterocycles. The highest BCUT2D eigenvalue weighted by molar-refractivity contribution is 7.89. The highest BCUT2D eigenvalue weighted by Gasteiger charge is 2.16. The van der Waals surface area contributed by atoms with Crippen molar-refractivity contribution in [3.8, 4) is 6.07 Å². The average molecular weight is 465 g/mol. The van der Waals surface area contributed by atoms with Crippen LogP contribution in [0.3, 0.4) is 0 Å². The van der Waals surface area contributed by atoms with Gasteiger partial charge in [0.05, 0.1) is 15.9 Å². The van der Waals surface area contributed by atoms with Crippen LogP contribution in [0.15, 0.2) is 58.3 Å². The van der Waals surface area contributed by atoms with Gasteiger partial charge in [-0.1, -0.05) is 12.1 Å². The van der Waals surface area contributed by atoms with Crippen LogP contribution >= 0.6 is 0 Å². The molecule has 0 unspecified atom stereocenters. The van der Waals surface area contributed by atoms with Gasteiger partial charge in [0, 0.05) is 31.1 Å². The van der Waals surface area contributed by atoms with Gasteiger partial charge in [0.1, 0.15) is 0 Å². The number of nitriles is 1. The van der Waals surface area contributed by atoms with Gasteiger partial charge in [-0.15, -0.1) is 0 Å². The van der Waals surface area contributed by atoms with Gasteiger partial charge in [-0.2, -0.15) is 5.26 Å². The van der Waals surface area contributed by atoms with Gasteiger partial charge in [0.25, 0.3) is 5.91 Å². The van der Waals surface area contributed by atoms with Crippen LogP contribution in [-0.2, 0) is 26.6 Å². The molecule has 0 radical (unpaired) electrons. The molecular weight excluding hydrogens is 440 g/mol. The molecule has 0 heterocycles. The van der Waals surface area contributed by atoms with Crippen molar-refractivity contribution in [2.24, 2.45) is 0 Å². The van der Waals surface area contributed by atoms with E-state index in [4.69, 9.17) is 5.26 Å². The maximum Gasteiger partial charge on any atom is 0.251 e. The van der Waals surface area contributed by atoms with Crippen molar-refractivity contribution >= 4 is 26.0 Å². The lowest BCUT2D eigenvalue weighted by atomic mass is 10.2. The standard InChI is InChI=1S/C20H24N4O5S2/c1-15(2)24-31(28,29)19-6-3-5-16(13-19)14-22-20(25)17-7-9-18(10-8-17)30(26,27)23-12-4-11-21/h3,5-10,13,15,23-24H,4,12,14H2,1-2H3,(H,22,25). The van der Waals surface area contributed by atoms with Crippen LogP contribution in [0.4, 0.5) is 0 Å². The largest absolute Gasteiger partial charge is 0.348 e. The molecule has 2 aromatic rings. The first-order chi connectivity index (χ1) is 14.5. The van der Waals surface area contributed by atoms with E-state index in [1.807, 2.05) is 6.07 Å². The number of carbonyl (C=O) groups is 1. The van der Waals surface area contributed by atoms with E-state index in [9.17, 15) is 21.6 Å². The molecule has 0 aliphatic carbocycles. The van der Waals surface area contributed by atoms with E-state index in [1.54, 1.807) is 26.0 Å². The van der Waals surface area contributed by atoms with Gasteiger partial charge >= 0.3 is 0 Å². The first-order valence-corrected chi connectivity index (χ1v) is 12.4. The summed E-state index contributed by atoms with van der Waals surface area (Å²) in [5.74, 6) is -0.435. The first kappa shape index (κ1) is 24.5. The van der Waals surface area contributed by atoms with Crippen molar-refractivity contribution < 1.29 is 21.6 Å². The third kappa shape index (κ3) is 7.15. The van der Waals surface area contributed by atoms with Gasteiger partial charge in [-0.3, -0.25) is 4.79 Å². The number of amides is 1. The zero-order valence-electron chi connectivity index (χ0n) is 17.1. The lowest BCUT2D eigenvalue weighted by Crippen LogP contribution is -2.30. The Balaban J connectivity index is 2.04. The molecule has 0 fully saturated rings. The summed E-state index contributed by atoms with van der Waals surface area (Å²) >= 11 is 0. The summed E-state index contributed by atoms with van der Waals surface area (Å²) in [7, 11) is -7.40. The van der Waals surface area contributed by atoms with E-state index in [-0.39, 0.29) is 40.9 Å². The molecular formula is C20H24N4O5S2. The Hall–Kier alpha value is -2.78. The molecule has 0 bridgehead atoms. The SMILES string of the molecule is CC(C)NS(=O)(=O)c1cccc(CNC(=O)c2ccc(S(=O)(=O)NCCC#N)cc2)c1. The number of nitrogens with zero attached hydrogens (tertiary/aromatic N) is 1. The minimum absolute atomic E-state index is 0.00252. The fraction of sp³-hybridized carbons (Fsp3) is 0.300. The molecule has 0 aliphatic rings. The van der Waals surface area contributed by atoms with Crippen LogP contribution in [0.5, 0.6) is 0 Å². The van der Waals surface area contributed by atoms with E-state index < -0.39 is 26.0 Å². The summed E-state index contributed by atoms with van der Waals surface area (Å²) in [6, 6.07) is 13.2. The molecule has 11 heteroatoms. The van der Waals surface area contributed by atoms with Gasteiger partial charge < -0.3 is 5.32 Å². The Labute approximate surface area is 182 Å². The fourth-order valence-corrected chi connectivity index (χ4v) is 4.95. The van der Waals surface area contributed by atoms with Gasteiger partial charge in [0.2, 0.25) is 20.0 Å². The molecule has 0 aromatic heterocycles. The average Bonchev–Trinajstić information content (AvgIpc) is 2.71. The third-order valence-electron chi connectivity index (χ3n) is 4.01. The number of nitrogens with one attached hydrogen (secondary N) is 3. The minimum Gasteiger partial charge on any atom is -0.348 e. The first-order valence-electron chi connectivity index (χ1n) is 9.41. The second-order valence-electron chi connectivity index (χ2n) is 6.94. The van der Waals surface area contributed by atoms with Crippen LogP contribution in [0, 0.1) is 11.3 Å². The predicted molar refractivity (Wildman–Crippen MR) is 115 cm³/mol. The van der Waals surface area contributed by atoms with Gasteiger partial charge in [-0.05, 0) is 55.8 Å². The van der Waals surface area contributed by atoms with Crippen molar-refractivity contribution in [2.45, 2.75) is 42.6 Å². The number of carbonyl (C=O) groups excluding carboxylic acids is 1. The summed E-state index contributed by atoms with van der Waals surface area (Å²) in [6.07, 6.45) is 0.0513. The lowest BCUT2D eigenvalue weighted by Gasteiger charge is -2.11. The Bertz CT molecular complexity index is 1170. The predicted octanol–water partition coefficient (Wildman–Crippen LogP) is 1.50. The van der Waals surface area contributed by atoms with Crippen molar-refractivity contribution in [3.63, 3.8) is 0 Å². The summed E-state index contributed by atoms with van der Waals surface area (Å²) in [5, 5.41) is 11.2. The lowest BCUT2D eigenvalue weighted by molar-refractivity contribution is 0.0950. The molecule has 166 valence electrons.